The summed E-state index contributed by atoms with van der Waals surface area (Å²) in [6.07, 6.45) is 5.13. The number of methoxy groups -OCH3 is 1. The first-order chi connectivity index (χ1) is 20.0. The fourth-order valence-corrected chi connectivity index (χ4v) is 5.97. The van der Waals surface area contributed by atoms with E-state index in [-0.39, 0.29) is 17.6 Å². The molecule has 3 aromatic rings. The van der Waals surface area contributed by atoms with Crippen LogP contribution in [-0.2, 0) is 9.59 Å². The molecule has 0 bridgehead atoms. The van der Waals surface area contributed by atoms with Gasteiger partial charge < -0.3 is 14.8 Å². The molecule has 0 unspecified atom stereocenters. The van der Waals surface area contributed by atoms with Crippen LogP contribution in [0.5, 0.6) is 11.5 Å². The number of rotatable bonds is 10. The van der Waals surface area contributed by atoms with Crippen LogP contribution in [0.15, 0.2) is 84.1 Å². The van der Waals surface area contributed by atoms with E-state index in [4.69, 9.17) is 9.47 Å². The van der Waals surface area contributed by atoms with Crippen molar-refractivity contribution in [3.05, 3.63) is 95.2 Å². The highest BCUT2D eigenvalue weighted by Crippen LogP contribution is 2.49. The van der Waals surface area contributed by atoms with E-state index in [1.165, 1.54) is 0 Å². The van der Waals surface area contributed by atoms with Crippen molar-refractivity contribution in [3.63, 3.8) is 0 Å². The summed E-state index contributed by atoms with van der Waals surface area (Å²) >= 11 is 0. The van der Waals surface area contributed by atoms with Crippen LogP contribution >= 0.6 is 0 Å². The molecule has 0 spiro atoms. The Kier molecular flexibility index (Phi) is 9.07. The molecule has 3 aromatic carbocycles. The molecule has 1 heterocycles. The maximum absolute atomic E-state index is 14.3. The zero-order valence-corrected chi connectivity index (χ0v) is 24.3. The molecule has 0 fully saturated rings. The number of nitrogens with one attached hydrogen (secondary N) is 1. The van der Waals surface area contributed by atoms with Gasteiger partial charge in [-0.1, -0.05) is 69.2 Å². The lowest BCUT2D eigenvalue weighted by molar-refractivity contribution is -0.119. The maximum atomic E-state index is 14.3. The molecule has 5 rings (SSSR count). The first-order valence-electron chi connectivity index (χ1n) is 14.9. The van der Waals surface area contributed by atoms with Crippen molar-refractivity contribution in [2.24, 2.45) is 0 Å². The molecule has 1 N–H and O–H groups in total. The summed E-state index contributed by atoms with van der Waals surface area (Å²) in [6.45, 7) is 4.77. The summed E-state index contributed by atoms with van der Waals surface area (Å²) in [7, 11) is 1.65. The second kappa shape index (κ2) is 13.1. The fraction of sp³-hybridized carbons (Fsp3) is 0.371. The van der Waals surface area contributed by atoms with E-state index < -0.39 is 6.04 Å². The number of allylic oxidation sites excluding steroid dienone is 1. The molecule has 41 heavy (non-hydrogen) atoms. The number of nitrogens with zero attached hydrogens (tertiary/aromatic N) is 1. The Morgan fingerprint density at radius 1 is 0.927 bits per heavy atom. The lowest BCUT2D eigenvalue weighted by Gasteiger charge is -2.36. The second-order valence-electron chi connectivity index (χ2n) is 10.8. The largest absolute Gasteiger partial charge is 0.497 e. The third kappa shape index (κ3) is 6.02. The SMILES string of the molecule is CCCCCC(=O)N1c2ccccc2NC2=C(C(=O)C[C@H](c3ccc(OC)cc3)C2)[C@@H]1c1ccccc1OCCC. The number of Topliss-reactive ketones (excluding diaryl/α,β-unsaturated/α-hetero) is 1. The third-order valence-electron chi connectivity index (χ3n) is 8.01. The number of unbranched alkanes of at least 4 members (excludes halogenated alkanes) is 2. The van der Waals surface area contributed by atoms with Crippen LogP contribution in [0.3, 0.4) is 0 Å². The van der Waals surface area contributed by atoms with Gasteiger partial charge in [-0.15, -0.1) is 0 Å². The first kappa shape index (κ1) is 28.5. The second-order valence-corrected chi connectivity index (χ2v) is 10.8. The van der Waals surface area contributed by atoms with Crippen LogP contribution in [0.1, 0.15) is 81.9 Å². The molecule has 6 nitrogen and oxygen atoms in total. The number of carbonyl (C=O) groups is 2. The molecule has 0 saturated carbocycles. The van der Waals surface area contributed by atoms with Gasteiger partial charge in [0.25, 0.3) is 0 Å². The van der Waals surface area contributed by atoms with Crippen LogP contribution in [0, 0.1) is 0 Å². The molecule has 214 valence electrons. The molecule has 2 atom stereocenters. The van der Waals surface area contributed by atoms with E-state index in [9.17, 15) is 9.59 Å². The van der Waals surface area contributed by atoms with Crippen LogP contribution < -0.4 is 19.7 Å². The third-order valence-corrected chi connectivity index (χ3v) is 8.01. The number of hydrogen-bond acceptors (Lipinski definition) is 5. The number of ketones is 1. The van der Waals surface area contributed by atoms with Crippen molar-refractivity contribution in [1.29, 1.82) is 0 Å². The quantitative estimate of drug-likeness (QED) is 0.258. The number of benzene rings is 3. The standard InChI is InChI=1S/C35H40N2O4/c1-4-6-7-16-33(39)37-30-14-10-9-13-28(30)36-29-22-25(24-17-19-26(40-3)20-18-24)23-31(38)34(29)35(37)27-12-8-11-15-32(27)41-21-5-2/h8-15,17-20,25,35-36H,4-7,16,21-23H2,1-3H3/t25-,35+/m1/s1. The summed E-state index contributed by atoms with van der Waals surface area (Å²) in [5.74, 6) is 1.59. The lowest BCUT2D eigenvalue weighted by atomic mass is 9.78. The van der Waals surface area contributed by atoms with E-state index in [0.717, 1.165) is 59.6 Å². The molecule has 0 radical (unpaired) electrons. The molecule has 6 heteroatoms. The van der Waals surface area contributed by atoms with Crippen molar-refractivity contribution in [2.45, 2.75) is 70.8 Å². The van der Waals surface area contributed by atoms with Crippen molar-refractivity contribution >= 4 is 23.1 Å². The van der Waals surface area contributed by atoms with E-state index in [0.29, 0.717) is 37.2 Å². The number of para-hydroxylation sites is 3. The van der Waals surface area contributed by atoms with Gasteiger partial charge in [-0.25, -0.2) is 0 Å². The Balaban J connectivity index is 1.66. The van der Waals surface area contributed by atoms with E-state index in [1.807, 2.05) is 77.7 Å². The molecule has 0 aromatic heterocycles. The smallest absolute Gasteiger partial charge is 0.227 e. The molecule has 1 aliphatic carbocycles. The summed E-state index contributed by atoms with van der Waals surface area (Å²) in [5, 5.41) is 3.63. The minimum absolute atomic E-state index is 0.0156. The van der Waals surface area contributed by atoms with E-state index >= 15 is 0 Å². The van der Waals surface area contributed by atoms with Crippen LogP contribution in [-0.4, -0.2) is 25.4 Å². The topological polar surface area (TPSA) is 67.9 Å². The monoisotopic (exact) mass is 552 g/mol. The number of anilines is 2. The summed E-state index contributed by atoms with van der Waals surface area (Å²) in [6, 6.07) is 23.1. The van der Waals surface area contributed by atoms with Crippen molar-refractivity contribution < 1.29 is 19.1 Å². The molecule has 1 aliphatic heterocycles. The Morgan fingerprint density at radius 3 is 2.44 bits per heavy atom. The summed E-state index contributed by atoms with van der Waals surface area (Å²) < 4.78 is 11.6. The minimum Gasteiger partial charge on any atom is -0.497 e. The number of ether oxygens (including phenoxy) is 2. The van der Waals surface area contributed by atoms with Crippen LogP contribution in [0.2, 0.25) is 0 Å². The van der Waals surface area contributed by atoms with Gasteiger partial charge >= 0.3 is 0 Å². The Labute approximate surface area is 243 Å². The van der Waals surface area contributed by atoms with Gasteiger partial charge in [0.2, 0.25) is 5.91 Å². The van der Waals surface area contributed by atoms with E-state index in [2.05, 4.69) is 19.2 Å². The van der Waals surface area contributed by atoms with Gasteiger partial charge in [0.1, 0.15) is 11.5 Å². The number of amides is 1. The van der Waals surface area contributed by atoms with Crippen LogP contribution in [0.25, 0.3) is 0 Å². The Hall–Kier alpha value is -4.06. The normalized spacial score (nSPS) is 18.2. The first-order valence-corrected chi connectivity index (χ1v) is 14.9. The number of hydrogen-bond donors (Lipinski definition) is 1. The Bertz CT molecular complexity index is 1410. The average Bonchev–Trinajstić information content (AvgIpc) is 3.15. The van der Waals surface area contributed by atoms with Crippen molar-refractivity contribution in [1.82, 2.24) is 0 Å². The predicted octanol–water partition coefficient (Wildman–Crippen LogP) is 7.96. The molecule has 2 aliphatic rings. The van der Waals surface area contributed by atoms with Crippen molar-refractivity contribution in [3.8, 4) is 11.5 Å². The highest BCUT2D eigenvalue weighted by Gasteiger charge is 2.42. The lowest BCUT2D eigenvalue weighted by Crippen LogP contribution is -2.38. The molecular formula is C35H40N2O4. The van der Waals surface area contributed by atoms with Crippen molar-refractivity contribution in [2.75, 3.05) is 23.9 Å². The minimum atomic E-state index is -0.590. The zero-order valence-electron chi connectivity index (χ0n) is 24.3. The van der Waals surface area contributed by atoms with Gasteiger partial charge in [-0.2, -0.15) is 0 Å². The number of fused-ring (bicyclic) bond motifs is 1. The van der Waals surface area contributed by atoms with Gasteiger partial charge in [-0.3, -0.25) is 14.5 Å². The van der Waals surface area contributed by atoms with Gasteiger partial charge in [0.05, 0.1) is 31.1 Å². The van der Waals surface area contributed by atoms with E-state index in [1.54, 1.807) is 7.11 Å². The summed E-state index contributed by atoms with van der Waals surface area (Å²) in [5.41, 5.74) is 5.08. The van der Waals surface area contributed by atoms with Gasteiger partial charge in [0, 0.05) is 29.7 Å². The zero-order chi connectivity index (χ0) is 28.8. The van der Waals surface area contributed by atoms with Gasteiger partial charge in [0.15, 0.2) is 5.78 Å². The number of carbonyl (C=O) groups excluding carboxylic acids is 2. The molecule has 1 amide bonds. The molecular weight excluding hydrogens is 512 g/mol. The Morgan fingerprint density at radius 2 is 1.68 bits per heavy atom. The fourth-order valence-electron chi connectivity index (χ4n) is 5.97. The molecule has 0 saturated heterocycles. The summed E-state index contributed by atoms with van der Waals surface area (Å²) in [4.78, 5) is 30.3. The predicted molar refractivity (Wildman–Crippen MR) is 164 cm³/mol. The maximum Gasteiger partial charge on any atom is 0.227 e. The van der Waals surface area contributed by atoms with Crippen LogP contribution in [0.4, 0.5) is 11.4 Å². The van der Waals surface area contributed by atoms with Gasteiger partial charge in [-0.05, 0) is 61.1 Å². The highest BCUT2D eigenvalue weighted by atomic mass is 16.5. The highest BCUT2D eigenvalue weighted by molar-refractivity contribution is 6.06. The average molecular weight is 553 g/mol.